The summed E-state index contributed by atoms with van der Waals surface area (Å²) in [6, 6.07) is 26.1. The quantitative estimate of drug-likeness (QED) is 0.177. The van der Waals surface area contributed by atoms with Gasteiger partial charge in [-0.3, -0.25) is 19.2 Å². The molecule has 12 heteroatoms. The number of anilines is 3. The number of fused-ring (bicyclic) bond motifs is 2. The van der Waals surface area contributed by atoms with E-state index in [0.29, 0.717) is 58.2 Å². The van der Waals surface area contributed by atoms with E-state index in [1.807, 2.05) is 25.1 Å². The maximum Gasteiger partial charge on any atom is 0.264 e. The molecule has 280 valence electrons. The summed E-state index contributed by atoms with van der Waals surface area (Å²) in [4.78, 5) is 57.7. The van der Waals surface area contributed by atoms with Crippen molar-refractivity contribution in [3.8, 4) is 11.5 Å². The van der Waals surface area contributed by atoms with Gasteiger partial charge in [-0.15, -0.1) is 0 Å². The number of hydrogen-bond donors (Lipinski definition) is 3. The predicted molar refractivity (Wildman–Crippen MR) is 203 cm³/mol. The molecular weight excluding hydrogens is 688 g/mol. The number of carbonyl (C=O) groups is 4. The molecular formula is C42H44N4O8. The van der Waals surface area contributed by atoms with E-state index in [9.17, 15) is 24.3 Å². The summed E-state index contributed by atoms with van der Waals surface area (Å²) in [7, 11) is 3.13. The first-order valence-electron chi connectivity index (χ1n) is 18.2. The lowest BCUT2D eigenvalue weighted by Gasteiger charge is -2.29. The predicted octanol–water partition coefficient (Wildman–Crippen LogP) is 5.75. The van der Waals surface area contributed by atoms with E-state index in [4.69, 9.17) is 14.2 Å². The second-order valence-electron chi connectivity index (χ2n) is 14.1. The number of carbonyl (C=O) groups excluding carboxylic acids is 4. The van der Waals surface area contributed by atoms with Gasteiger partial charge < -0.3 is 39.8 Å². The highest BCUT2D eigenvalue weighted by atomic mass is 16.5. The smallest absolute Gasteiger partial charge is 0.264 e. The van der Waals surface area contributed by atoms with Crippen LogP contribution in [0.1, 0.15) is 64.4 Å². The first kappa shape index (κ1) is 36.6. The molecule has 3 N–H and O–H groups in total. The standard InChI is InChI=1S/C42H44N4O8/c1-26-21-35(23-38(48)45-20-4-5-32(45)25-47)54-42(26)36-22-31(44-40(50)29-10-17-34(53-3)18-11-29)14-19-37(36)46(41(42)51)24-27-6-12-30(13-7-27)43-39(49)28-8-15-33(52-2)16-9-28/h6-19,22,26,32,35,47H,4-5,20-21,23-25H2,1-3H3,(H,43,49)(H,44,50)/t26-,32-,35-,42+/m0/s1. The monoisotopic (exact) mass is 732 g/mol. The van der Waals surface area contributed by atoms with Crippen LogP contribution in [0.3, 0.4) is 0 Å². The van der Waals surface area contributed by atoms with E-state index in [2.05, 4.69) is 10.6 Å². The van der Waals surface area contributed by atoms with Crippen molar-refractivity contribution in [2.75, 3.05) is 42.9 Å². The van der Waals surface area contributed by atoms with Crippen molar-refractivity contribution in [1.82, 2.24) is 4.90 Å². The number of methoxy groups -OCH3 is 2. The zero-order valence-corrected chi connectivity index (χ0v) is 30.5. The van der Waals surface area contributed by atoms with Crippen LogP contribution in [-0.2, 0) is 26.5 Å². The molecule has 3 aliphatic rings. The number of likely N-dealkylation sites (tertiary alicyclic amines) is 1. The lowest BCUT2D eigenvalue weighted by Crippen LogP contribution is -2.44. The first-order valence-corrected chi connectivity index (χ1v) is 18.2. The van der Waals surface area contributed by atoms with Crippen LogP contribution in [0.2, 0.25) is 0 Å². The van der Waals surface area contributed by atoms with Gasteiger partial charge in [0.25, 0.3) is 17.7 Å². The zero-order chi connectivity index (χ0) is 38.0. The van der Waals surface area contributed by atoms with Gasteiger partial charge in [0.15, 0.2) is 5.60 Å². The lowest BCUT2D eigenvalue weighted by molar-refractivity contribution is -0.150. The van der Waals surface area contributed by atoms with Crippen LogP contribution in [-0.4, -0.2) is 73.2 Å². The average molecular weight is 733 g/mol. The molecule has 3 heterocycles. The Kier molecular flexibility index (Phi) is 10.4. The van der Waals surface area contributed by atoms with Crippen LogP contribution >= 0.6 is 0 Å². The summed E-state index contributed by atoms with van der Waals surface area (Å²) in [5, 5.41) is 15.7. The lowest BCUT2D eigenvalue weighted by atomic mass is 9.82. The highest BCUT2D eigenvalue weighted by molar-refractivity contribution is 6.09. The van der Waals surface area contributed by atoms with Gasteiger partial charge in [0, 0.05) is 40.5 Å². The highest BCUT2D eigenvalue weighted by Gasteiger charge is 2.60. The van der Waals surface area contributed by atoms with Crippen LogP contribution in [0, 0.1) is 5.92 Å². The number of ether oxygens (including phenoxy) is 3. The van der Waals surface area contributed by atoms with Crippen molar-refractivity contribution < 1.29 is 38.5 Å². The van der Waals surface area contributed by atoms with E-state index >= 15 is 0 Å². The van der Waals surface area contributed by atoms with Crippen LogP contribution in [0.25, 0.3) is 0 Å². The molecule has 12 nitrogen and oxygen atoms in total. The number of nitrogens with one attached hydrogen (secondary N) is 2. The summed E-state index contributed by atoms with van der Waals surface area (Å²) >= 11 is 0. The van der Waals surface area contributed by atoms with Gasteiger partial charge in [-0.1, -0.05) is 19.1 Å². The maximum atomic E-state index is 14.7. The van der Waals surface area contributed by atoms with Gasteiger partial charge in [-0.2, -0.15) is 0 Å². The van der Waals surface area contributed by atoms with E-state index in [1.165, 1.54) is 0 Å². The number of rotatable bonds is 11. The van der Waals surface area contributed by atoms with E-state index in [1.54, 1.807) is 96.8 Å². The Morgan fingerprint density at radius 2 is 1.44 bits per heavy atom. The average Bonchev–Trinajstić information content (AvgIpc) is 3.87. The molecule has 2 fully saturated rings. The van der Waals surface area contributed by atoms with Gasteiger partial charge in [0.1, 0.15) is 11.5 Å². The molecule has 0 aliphatic carbocycles. The van der Waals surface area contributed by atoms with Crippen molar-refractivity contribution in [3.63, 3.8) is 0 Å². The molecule has 7 rings (SSSR count). The minimum atomic E-state index is -1.38. The van der Waals surface area contributed by atoms with Crippen molar-refractivity contribution in [2.24, 2.45) is 5.92 Å². The van der Waals surface area contributed by atoms with Crippen LogP contribution in [0.4, 0.5) is 17.1 Å². The number of hydrogen-bond acceptors (Lipinski definition) is 8. The Morgan fingerprint density at radius 3 is 2.04 bits per heavy atom. The van der Waals surface area contributed by atoms with Crippen LogP contribution in [0.5, 0.6) is 11.5 Å². The fourth-order valence-electron chi connectivity index (χ4n) is 7.86. The Balaban J connectivity index is 1.14. The Hall–Kier alpha value is -5.72. The molecule has 0 unspecified atom stereocenters. The van der Waals surface area contributed by atoms with E-state index in [-0.39, 0.29) is 55.2 Å². The normalized spacial score (nSPS) is 21.6. The molecule has 0 aromatic heterocycles. The summed E-state index contributed by atoms with van der Waals surface area (Å²) in [6.45, 7) is 2.70. The third kappa shape index (κ3) is 7.02. The van der Waals surface area contributed by atoms with Crippen molar-refractivity contribution in [2.45, 2.75) is 56.9 Å². The molecule has 54 heavy (non-hydrogen) atoms. The van der Waals surface area contributed by atoms with Gasteiger partial charge in [-0.05, 0) is 104 Å². The molecule has 0 radical (unpaired) electrons. The van der Waals surface area contributed by atoms with E-state index < -0.39 is 11.7 Å². The van der Waals surface area contributed by atoms with Crippen molar-refractivity contribution >= 4 is 40.7 Å². The van der Waals surface area contributed by atoms with Gasteiger partial charge in [0.2, 0.25) is 5.91 Å². The summed E-state index contributed by atoms with van der Waals surface area (Å²) in [6.07, 6.45) is 1.66. The van der Waals surface area contributed by atoms with Gasteiger partial charge >= 0.3 is 0 Å². The third-order valence-corrected chi connectivity index (χ3v) is 10.7. The Bertz CT molecular complexity index is 2040. The summed E-state index contributed by atoms with van der Waals surface area (Å²) in [5.41, 5.74) is 2.75. The number of amides is 4. The van der Waals surface area contributed by atoms with E-state index in [0.717, 1.165) is 18.4 Å². The van der Waals surface area contributed by atoms with Crippen LogP contribution in [0.15, 0.2) is 91.0 Å². The first-order chi connectivity index (χ1) is 26.1. The Morgan fingerprint density at radius 1 is 0.852 bits per heavy atom. The summed E-state index contributed by atoms with van der Waals surface area (Å²) in [5.74, 6) is 0.0806. The summed E-state index contributed by atoms with van der Waals surface area (Å²) < 4.78 is 17.1. The fraction of sp³-hybridized carbons (Fsp3) is 0.333. The zero-order valence-electron chi connectivity index (χ0n) is 30.5. The number of aliphatic hydroxyl groups excluding tert-OH is 1. The number of aliphatic hydroxyl groups is 1. The van der Waals surface area contributed by atoms with Crippen molar-refractivity contribution in [1.29, 1.82) is 0 Å². The SMILES string of the molecule is COc1ccc(C(=O)Nc2ccc(CN3C(=O)[C@]4(O[C@H](CC(=O)N5CCC[C@H]5CO)C[C@@H]4C)c4cc(NC(=O)c5ccc(OC)cc5)ccc43)cc2)cc1. The van der Waals surface area contributed by atoms with Crippen molar-refractivity contribution in [3.05, 3.63) is 113 Å². The molecule has 3 aliphatic heterocycles. The molecule has 4 amide bonds. The largest absolute Gasteiger partial charge is 0.497 e. The Labute approximate surface area is 314 Å². The molecule has 4 aromatic carbocycles. The van der Waals surface area contributed by atoms with Gasteiger partial charge in [-0.25, -0.2) is 0 Å². The van der Waals surface area contributed by atoms with Crippen LogP contribution < -0.4 is 25.0 Å². The molecule has 2 saturated heterocycles. The molecule has 4 atom stereocenters. The highest BCUT2D eigenvalue weighted by Crippen LogP contribution is 2.54. The molecule has 1 spiro atoms. The topological polar surface area (TPSA) is 147 Å². The fourth-order valence-corrected chi connectivity index (χ4v) is 7.86. The third-order valence-electron chi connectivity index (χ3n) is 10.7. The minimum Gasteiger partial charge on any atom is -0.497 e. The second-order valence-corrected chi connectivity index (χ2v) is 14.1. The minimum absolute atomic E-state index is 0.0839. The number of benzene rings is 4. The van der Waals surface area contributed by atoms with Gasteiger partial charge in [0.05, 0.1) is 51.6 Å². The molecule has 0 bridgehead atoms. The second kappa shape index (κ2) is 15.3. The molecule has 0 saturated carbocycles. The molecule has 4 aromatic rings. The number of nitrogens with zero attached hydrogens (tertiary/aromatic N) is 2. The maximum absolute atomic E-state index is 14.7.